The second-order valence-corrected chi connectivity index (χ2v) is 4.28. The molecule has 0 heterocycles. The predicted octanol–water partition coefficient (Wildman–Crippen LogP) is 1.06. The van der Waals surface area contributed by atoms with Gasteiger partial charge in [-0.2, -0.15) is 13.2 Å². The van der Waals surface area contributed by atoms with Crippen LogP contribution in [-0.4, -0.2) is 13.5 Å². The topological polar surface area (TPSA) is 80.4 Å². The van der Waals surface area contributed by atoms with Gasteiger partial charge < -0.3 is 5.11 Å². The van der Waals surface area contributed by atoms with Crippen molar-refractivity contribution in [2.45, 2.75) is 11.1 Å². The van der Waals surface area contributed by atoms with E-state index in [1.54, 1.807) is 0 Å². The van der Waals surface area contributed by atoms with Crippen LogP contribution in [0.5, 0.6) is 5.75 Å². The first-order valence-corrected chi connectivity index (χ1v) is 5.10. The summed E-state index contributed by atoms with van der Waals surface area (Å²) in [5, 5.41) is 13.6. The normalized spacial score (nSPS) is 12.8. The van der Waals surface area contributed by atoms with Gasteiger partial charge >= 0.3 is 6.18 Å². The Morgan fingerprint density at radius 1 is 1.27 bits per heavy atom. The number of primary sulfonamides is 1. The molecular weight excluding hydrogens is 235 g/mol. The molecule has 0 fully saturated rings. The molecule has 0 amide bonds. The smallest absolute Gasteiger partial charge is 0.419 e. The molecule has 3 N–H and O–H groups in total. The molecule has 15 heavy (non-hydrogen) atoms. The largest absolute Gasteiger partial charge is 0.507 e. The number of hydrogen-bond acceptors (Lipinski definition) is 3. The summed E-state index contributed by atoms with van der Waals surface area (Å²) in [6.45, 7) is 0. The number of benzene rings is 1. The van der Waals surface area contributed by atoms with Crippen LogP contribution >= 0.6 is 0 Å². The van der Waals surface area contributed by atoms with Crippen molar-refractivity contribution in [2.75, 3.05) is 0 Å². The first-order valence-electron chi connectivity index (χ1n) is 3.55. The van der Waals surface area contributed by atoms with Crippen LogP contribution in [0.15, 0.2) is 23.1 Å². The summed E-state index contributed by atoms with van der Waals surface area (Å²) < 4.78 is 57.9. The van der Waals surface area contributed by atoms with Crippen LogP contribution in [0.1, 0.15) is 5.56 Å². The molecule has 84 valence electrons. The fourth-order valence-corrected chi connectivity index (χ4v) is 1.46. The lowest BCUT2D eigenvalue weighted by atomic mass is 10.2. The maximum absolute atomic E-state index is 12.1. The fourth-order valence-electron chi connectivity index (χ4n) is 0.928. The zero-order chi connectivity index (χ0) is 11.9. The van der Waals surface area contributed by atoms with Crippen molar-refractivity contribution in [1.29, 1.82) is 0 Å². The van der Waals surface area contributed by atoms with Crippen molar-refractivity contribution in [3.8, 4) is 5.75 Å². The molecule has 8 heteroatoms. The number of phenols is 1. The van der Waals surface area contributed by atoms with Crippen LogP contribution in [0.3, 0.4) is 0 Å². The van der Waals surface area contributed by atoms with E-state index in [-0.39, 0.29) is 0 Å². The van der Waals surface area contributed by atoms with E-state index in [0.717, 1.165) is 0 Å². The minimum absolute atomic E-state index is 0.453. The molecule has 0 unspecified atom stereocenters. The third-order valence-electron chi connectivity index (χ3n) is 1.60. The molecule has 0 radical (unpaired) electrons. The molecule has 0 bridgehead atoms. The minimum Gasteiger partial charge on any atom is -0.507 e. The van der Waals surface area contributed by atoms with E-state index in [4.69, 9.17) is 5.11 Å². The molecular formula is C7H6F3NO3S. The standard InChI is InChI=1S/C7H6F3NO3S/c8-7(9,10)5-2-1-4(3-6(5)12)15(11,13)14/h1-3,12H,(H2,11,13,14). The lowest BCUT2D eigenvalue weighted by Crippen LogP contribution is -2.13. The van der Waals surface area contributed by atoms with E-state index < -0.39 is 32.4 Å². The Labute approximate surface area is 83.2 Å². The van der Waals surface area contributed by atoms with E-state index in [0.29, 0.717) is 18.2 Å². The van der Waals surface area contributed by atoms with E-state index >= 15 is 0 Å². The molecule has 0 saturated heterocycles. The van der Waals surface area contributed by atoms with Crippen molar-refractivity contribution < 1.29 is 26.7 Å². The van der Waals surface area contributed by atoms with Gasteiger partial charge in [0.25, 0.3) is 0 Å². The maximum atomic E-state index is 12.1. The van der Waals surface area contributed by atoms with Crippen LogP contribution < -0.4 is 5.14 Å². The van der Waals surface area contributed by atoms with Crippen molar-refractivity contribution in [1.82, 2.24) is 0 Å². The van der Waals surface area contributed by atoms with Crippen molar-refractivity contribution in [2.24, 2.45) is 5.14 Å². The number of hydrogen-bond donors (Lipinski definition) is 2. The van der Waals surface area contributed by atoms with Gasteiger partial charge in [0.05, 0.1) is 10.5 Å². The average molecular weight is 241 g/mol. The van der Waals surface area contributed by atoms with Gasteiger partial charge in [-0.05, 0) is 12.1 Å². The highest BCUT2D eigenvalue weighted by atomic mass is 32.2. The monoisotopic (exact) mass is 241 g/mol. The highest BCUT2D eigenvalue weighted by Gasteiger charge is 2.34. The van der Waals surface area contributed by atoms with Crippen molar-refractivity contribution in [3.63, 3.8) is 0 Å². The Kier molecular flexibility index (Phi) is 2.66. The number of sulfonamides is 1. The van der Waals surface area contributed by atoms with Gasteiger partial charge in [0.1, 0.15) is 5.75 Å². The summed E-state index contributed by atoms with van der Waals surface area (Å²) in [4.78, 5) is -0.576. The molecule has 1 aromatic carbocycles. The van der Waals surface area contributed by atoms with Gasteiger partial charge in [-0.1, -0.05) is 0 Å². The molecule has 0 aliphatic heterocycles. The number of nitrogens with two attached hydrogens (primary N) is 1. The van der Waals surface area contributed by atoms with Gasteiger partial charge in [-0.25, -0.2) is 13.6 Å². The van der Waals surface area contributed by atoms with Crippen LogP contribution in [0.2, 0.25) is 0 Å². The average Bonchev–Trinajstić information content (AvgIpc) is 1.99. The Balaban J connectivity index is 3.34. The highest BCUT2D eigenvalue weighted by molar-refractivity contribution is 7.89. The maximum Gasteiger partial charge on any atom is 0.419 e. The molecule has 0 aliphatic rings. The molecule has 1 aromatic rings. The summed E-state index contributed by atoms with van der Waals surface area (Å²) in [5.41, 5.74) is -1.31. The Morgan fingerprint density at radius 2 is 1.80 bits per heavy atom. The summed E-state index contributed by atoms with van der Waals surface area (Å²) in [7, 11) is -4.11. The molecule has 0 aromatic heterocycles. The van der Waals surface area contributed by atoms with Gasteiger partial charge in [0.2, 0.25) is 10.0 Å². The van der Waals surface area contributed by atoms with Gasteiger partial charge in [0.15, 0.2) is 0 Å². The number of rotatable bonds is 1. The number of halogens is 3. The first kappa shape index (κ1) is 11.8. The first-order chi connectivity index (χ1) is 6.62. The zero-order valence-corrected chi connectivity index (χ0v) is 7.93. The fraction of sp³-hybridized carbons (Fsp3) is 0.143. The van der Waals surface area contributed by atoms with Crippen LogP contribution in [0.25, 0.3) is 0 Å². The summed E-state index contributed by atoms with van der Waals surface area (Å²) in [6.07, 6.45) is -4.74. The third kappa shape index (κ3) is 2.60. The van der Waals surface area contributed by atoms with Gasteiger partial charge in [-0.3, -0.25) is 0 Å². The van der Waals surface area contributed by atoms with E-state index in [9.17, 15) is 21.6 Å². The van der Waals surface area contributed by atoms with Crippen LogP contribution in [0, 0.1) is 0 Å². The predicted molar refractivity (Wildman–Crippen MR) is 44.5 cm³/mol. The molecule has 0 saturated carbocycles. The second kappa shape index (κ2) is 3.38. The Hall–Kier alpha value is -1.28. The Morgan fingerprint density at radius 3 is 2.13 bits per heavy atom. The molecule has 0 atom stereocenters. The summed E-state index contributed by atoms with van der Waals surface area (Å²) in [5.74, 6) is -1.17. The molecule has 1 rings (SSSR count). The quantitative estimate of drug-likeness (QED) is 0.771. The van der Waals surface area contributed by atoms with Gasteiger partial charge in [0, 0.05) is 6.07 Å². The zero-order valence-electron chi connectivity index (χ0n) is 7.12. The lowest BCUT2D eigenvalue weighted by molar-refractivity contribution is -0.138. The molecule has 4 nitrogen and oxygen atoms in total. The lowest BCUT2D eigenvalue weighted by Gasteiger charge is -2.09. The number of aromatic hydroxyl groups is 1. The van der Waals surface area contributed by atoms with E-state index in [2.05, 4.69) is 5.14 Å². The molecule has 0 aliphatic carbocycles. The van der Waals surface area contributed by atoms with Gasteiger partial charge in [-0.15, -0.1) is 0 Å². The summed E-state index contributed by atoms with van der Waals surface area (Å²) in [6, 6.07) is 1.59. The number of phenolic OH excluding ortho intramolecular Hbond substituents is 1. The summed E-state index contributed by atoms with van der Waals surface area (Å²) >= 11 is 0. The van der Waals surface area contributed by atoms with Crippen LogP contribution in [0.4, 0.5) is 13.2 Å². The Bertz CT molecular complexity index is 481. The van der Waals surface area contributed by atoms with Crippen molar-refractivity contribution in [3.05, 3.63) is 23.8 Å². The van der Waals surface area contributed by atoms with E-state index in [1.807, 2.05) is 0 Å². The second-order valence-electron chi connectivity index (χ2n) is 2.72. The highest BCUT2D eigenvalue weighted by Crippen LogP contribution is 2.36. The minimum atomic E-state index is -4.74. The third-order valence-corrected chi connectivity index (χ3v) is 2.51. The number of alkyl halides is 3. The SMILES string of the molecule is NS(=O)(=O)c1ccc(C(F)(F)F)c(O)c1. The van der Waals surface area contributed by atoms with Crippen LogP contribution in [-0.2, 0) is 16.2 Å². The molecule has 0 spiro atoms. The van der Waals surface area contributed by atoms with Crippen molar-refractivity contribution >= 4 is 10.0 Å². The van der Waals surface area contributed by atoms with E-state index in [1.165, 1.54) is 0 Å².